The van der Waals surface area contributed by atoms with Gasteiger partial charge in [0.15, 0.2) is 0 Å². The molecule has 1 amide bonds. The maximum absolute atomic E-state index is 14.6. The maximum Gasteiger partial charge on any atom is 0.269 e. The first-order valence-electron chi connectivity index (χ1n) is 10.4. The molecule has 33 heavy (non-hydrogen) atoms. The third-order valence-electron chi connectivity index (χ3n) is 5.63. The van der Waals surface area contributed by atoms with Crippen LogP contribution < -0.4 is 10.3 Å². The highest BCUT2D eigenvalue weighted by Crippen LogP contribution is 2.25. The lowest BCUT2D eigenvalue weighted by Gasteiger charge is -2.38. The third kappa shape index (κ3) is 5.25. The fourth-order valence-electron chi connectivity index (χ4n) is 3.72. The smallest absolute Gasteiger partial charge is 0.269 e. The molecule has 1 saturated heterocycles. The lowest BCUT2D eigenvalue weighted by atomic mass is 9.99. The van der Waals surface area contributed by atoms with Gasteiger partial charge in [-0.15, -0.1) is 4.83 Å². The van der Waals surface area contributed by atoms with E-state index in [-0.39, 0.29) is 5.56 Å². The molecule has 3 aromatic carbocycles. The number of rotatable bonds is 7. The van der Waals surface area contributed by atoms with Crippen LogP contribution in [0.4, 0.5) is 4.39 Å². The number of amides is 1. The summed E-state index contributed by atoms with van der Waals surface area (Å²) in [4.78, 5) is 16.7. The van der Waals surface area contributed by atoms with E-state index in [4.69, 9.17) is 11.6 Å². The van der Waals surface area contributed by atoms with Gasteiger partial charge in [-0.3, -0.25) is 15.1 Å². The summed E-state index contributed by atoms with van der Waals surface area (Å²) >= 11 is 6.16. The van der Waals surface area contributed by atoms with Gasteiger partial charge >= 0.3 is 0 Å². The first-order valence-corrected chi connectivity index (χ1v) is 12.3. The lowest BCUT2D eigenvalue weighted by molar-refractivity contribution is 0.0939. The Morgan fingerprint density at radius 1 is 1.06 bits per heavy atom. The second-order valence-electron chi connectivity index (χ2n) is 8.03. The molecule has 0 bridgehead atoms. The SMILES string of the molecule is Cc1cc(-c2ccccc2)cc(C(=O)NNS(=O)(=O)C2CN(Cc3ccccc3Cl)C2)c1F. The second-order valence-corrected chi connectivity index (χ2v) is 10.4. The summed E-state index contributed by atoms with van der Waals surface area (Å²) in [7, 11) is -3.83. The van der Waals surface area contributed by atoms with Gasteiger partial charge < -0.3 is 0 Å². The Labute approximate surface area is 197 Å². The average Bonchev–Trinajstić information content (AvgIpc) is 2.77. The normalized spacial score (nSPS) is 14.6. The Balaban J connectivity index is 1.39. The van der Waals surface area contributed by atoms with Crippen LogP contribution >= 0.6 is 11.6 Å². The summed E-state index contributed by atoms with van der Waals surface area (Å²) in [5.74, 6) is -1.55. The van der Waals surface area contributed by atoms with Gasteiger partial charge in [0.1, 0.15) is 11.1 Å². The van der Waals surface area contributed by atoms with Crippen molar-refractivity contribution in [2.24, 2.45) is 0 Å². The van der Waals surface area contributed by atoms with Gasteiger partial charge in [-0.2, -0.15) is 0 Å². The molecule has 0 spiro atoms. The number of benzene rings is 3. The summed E-state index contributed by atoms with van der Waals surface area (Å²) in [5, 5.41) is -0.0632. The number of halogens is 2. The van der Waals surface area contributed by atoms with Crippen LogP contribution in [0.25, 0.3) is 11.1 Å². The number of sulfonamides is 1. The van der Waals surface area contributed by atoms with E-state index in [1.165, 1.54) is 6.07 Å². The summed E-state index contributed by atoms with van der Waals surface area (Å²) in [6.07, 6.45) is 0. The van der Waals surface area contributed by atoms with E-state index < -0.39 is 27.0 Å². The van der Waals surface area contributed by atoms with Crippen LogP contribution in [-0.2, 0) is 16.6 Å². The zero-order chi connectivity index (χ0) is 23.6. The molecule has 3 aromatic rings. The van der Waals surface area contributed by atoms with E-state index in [1.54, 1.807) is 19.1 Å². The van der Waals surface area contributed by atoms with E-state index >= 15 is 0 Å². The van der Waals surface area contributed by atoms with Crippen LogP contribution in [0.5, 0.6) is 0 Å². The minimum Gasteiger partial charge on any atom is -0.296 e. The Morgan fingerprint density at radius 3 is 2.42 bits per heavy atom. The molecule has 4 rings (SSSR count). The third-order valence-corrected chi connectivity index (χ3v) is 7.56. The van der Waals surface area contributed by atoms with E-state index in [9.17, 15) is 17.6 Å². The van der Waals surface area contributed by atoms with Gasteiger partial charge in [0.05, 0.1) is 5.56 Å². The quantitative estimate of drug-likeness (QED) is 0.495. The number of nitrogens with one attached hydrogen (secondary N) is 2. The highest BCUT2D eigenvalue weighted by molar-refractivity contribution is 7.90. The molecule has 0 saturated carbocycles. The van der Waals surface area contributed by atoms with Crippen molar-refractivity contribution in [3.8, 4) is 11.1 Å². The van der Waals surface area contributed by atoms with E-state index in [0.29, 0.717) is 35.8 Å². The molecule has 1 aliphatic rings. The fraction of sp³-hybridized carbons (Fsp3) is 0.208. The first kappa shape index (κ1) is 23.4. The first-order chi connectivity index (χ1) is 15.7. The molecular weight excluding hydrogens is 465 g/mol. The number of hydrogen-bond acceptors (Lipinski definition) is 4. The minimum absolute atomic E-state index is 0.231. The second kappa shape index (κ2) is 9.61. The summed E-state index contributed by atoms with van der Waals surface area (Å²) < 4.78 is 39.8. The monoisotopic (exact) mass is 487 g/mol. The van der Waals surface area contributed by atoms with E-state index in [0.717, 1.165) is 11.1 Å². The largest absolute Gasteiger partial charge is 0.296 e. The molecule has 0 unspecified atom stereocenters. The minimum atomic E-state index is -3.83. The Morgan fingerprint density at radius 2 is 1.73 bits per heavy atom. The molecule has 0 atom stereocenters. The topological polar surface area (TPSA) is 78.5 Å². The van der Waals surface area contributed by atoms with Gasteiger partial charge in [-0.25, -0.2) is 12.8 Å². The lowest BCUT2D eigenvalue weighted by Crippen LogP contribution is -2.59. The summed E-state index contributed by atoms with van der Waals surface area (Å²) in [6.45, 7) is 2.69. The van der Waals surface area contributed by atoms with Crippen molar-refractivity contribution in [2.75, 3.05) is 13.1 Å². The van der Waals surface area contributed by atoms with Crippen LogP contribution in [0.15, 0.2) is 66.7 Å². The maximum atomic E-state index is 14.6. The molecule has 6 nitrogen and oxygen atoms in total. The highest BCUT2D eigenvalue weighted by Gasteiger charge is 2.37. The summed E-state index contributed by atoms with van der Waals surface area (Å²) in [5.41, 5.74) is 4.61. The van der Waals surface area contributed by atoms with Crippen LogP contribution in [0.1, 0.15) is 21.5 Å². The molecule has 1 aliphatic heterocycles. The van der Waals surface area contributed by atoms with Gasteiger partial charge in [-0.1, -0.05) is 60.1 Å². The standard InChI is InChI=1S/C24H23ClFN3O3S/c1-16-11-19(17-7-3-2-4-8-17)12-21(23(16)26)24(30)27-28-33(31,32)20-14-29(15-20)13-18-9-5-6-10-22(18)25/h2-12,20,28H,13-15H2,1H3,(H,27,30). The van der Waals surface area contributed by atoms with Crippen LogP contribution in [0.2, 0.25) is 5.02 Å². The average molecular weight is 488 g/mol. The zero-order valence-electron chi connectivity index (χ0n) is 17.9. The van der Waals surface area contributed by atoms with Crippen molar-refractivity contribution in [3.05, 3.63) is 94.3 Å². The van der Waals surface area contributed by atoms with Gasteiger partial charge in [0, 0.05) is 24.7 Å². The predicted molar refractivity (Wildman–Crippen MR) is 127 cm³/mol. The van der Waals surface area contributed by atoms with Crippen molar-refractivity contribution >= 4 is 27.5 Å². The van der Waals surface area contributed by atoms with E-state index in [2.05, 4.69) is 10.3 Å². The zero-order valence-corrected chi connectivity index (χ0v) is 19.5. The number of hydrogen-bond donors (Lipinski definition) is 2. The number of hydrazine groups is 1. The fourth-order valence-corrected chi connectivity index (χ4v) is 5.13. The number of aryl methyl sites for hydroxylation is 1. The molecule has 0 radical (unpaired) electrons. The number of carbonyl (C=O) groups excluding carboxylic acids is 1. The molecular formula is C24H23ClFN3O3S. The van der Waals surface area contributed by atoms with Crippen LogP contribution in [-0.4, -0.2) is 37.6 Å². The Hall–Kier alpha value is -2.78. The van der Waals surface area contributed by atoms with Crippen LogP contribution in [0.3, 0.4) is 0 Å². The molecule has 0 aromatic heterocycles. The molecule has 1 fully saturated rings. The summed E-state index contributed by atoms with van der Waals surface area (Å²) in [6, 6.07) is 19.7. The Kier molecular flexibility index (Phi) is 6.81. The molecule has 2 N–H and O–H groups in total. The molecule has 1 heterocycles. The van der Waals surface area contributed by atoms with Gasteiger partial charge in [0.25, 0.3) is 5.91 Å². The van der Waals surface area contributed by atoms with Crippen molar-refractivity contribution in [2.45, 2.75) is 18.7 Å². The number of nitrogens with zero attached hydrogens (tertiary/aromatic N) is 1. The molecule has 9 heteroatoms. The van der Waals surface area contributed by atoms with Gasteiger partial charge in [0.2, 0.25) is 10.0 Å². The van der Waals surface area contributed by atoms with Crippen molar-refractivity contribution in [1.82, 2.24) is 15.2 Å². The number of likely N-dealkylation sites (tertiary alicyclic amines) is 1. The molecule has 0 aliphatic carbocycles. The van der Waals surface area contributed by atoms with Crippen molar-refractivity contribution in [1.29, 1.82) is 0 Å². The highest BCUT2D eigenvalue weighted by atomic mass is 35.5. The van der Waals surface area contributed by atoms with Crippen molar-refractivity contribution in [3.63, 3.8) is 0 Å². The Bertz CT molecular complexity index is 1280. The predicted octanol–water partition coefficient (Wildman–Crippen LogP) is 3.90. The molecule has 172 valence electrons. The van der Waals surface area contributed by atoms with Gasteiger partial charge in [-0.05, 0) is 47.4 Å². The van der Waals surface area contributed by atoms with Crippen LogP contribution in [0, 0.1) is 12.7 Å². The number of carbonyl (C=O) groups is 1. The van der Waals surface area contributed by atoms with E-state index in [1.807, 2.05) is 53.4 Å². The van der Waals surface area contributed by atoms with Crippen molar-refractivity contribution < 1.29 is 17.6 Å².